The van der Waals surface area contributed by atoms with Crippen LogP contribution in [0.5, 0.6) is 0 Å². The second kappa shape index (κ2) is 9.28. The molecular formula is C19H24ClN3O. The molecule has 0 spiro atoms. The Labute approximate surface area is 148 Å². The van der Waals surface area contributed by atoms with Gasteiger partial charge in [-0.25, -0.2) is 0 Å². The van der Waals surface area contributed by atoms with Crippen molar-refractivity contribution in [2.24, 2.45) is 0 Å². The second-order valence-electron chi connectivity index (χ2n) is 5.73. The van der Waals surface area contributed by atoms with E-state index in [2.05, 4.69) is 24.1 Å². The molecule has 0 fully saturated rings. The molecule has 0 bridgehead atoms. The van der Waals surface area contributed by atoms with Gasteiger partial charge in [-0.2, -0.15) is 0 Å². The van der Waals surface area contributed by atoms with Gasteiger partial charge >= 0.3 is 0 Å². The van der Waals surface area contributed by atoms with Crippen molar-refractivity contribution >= 4 is 23.2 Å². The Morgan fingerprint density at radius 2 is 1.79 bits per heavy atom. The number of halogens is 1. The predicted octanol–water partition coefficient (Wildman–Crippen LogP) is 4.61. The van der Waals surface area contributed by atoms with E-state index in [9.17, 15) is 4.79 Å². The highest BCUT2D eigenvalue weighted by Gasteiger charge is 2.14. The fourth-order valence-electron chi connectivity index (χ4n) is 2.50. The summed E-state index contributed by atoms with van der Waals surface area (Å²) >= 11 is 5.89. The molecular weight excluding hydrogens is 322 g/mol. The minimum absolute atomic E-state index is 0.0429. The summed E-state index contributed by atoms with van der Waals surface area (Å²) in [4.78, 5) is 18.7. The lowest BCUT2D eigenvalue weighted by molar-refractivity contribution is 0.0755. The number of hydrogen-bond donors (Lipinski definition) is 1. The quantitative estimate of drug-likeness (QED) is 0.759. The Kier molecular flexibility index (Phi) is 7.07. The first-order chi connectivity index (χ1) is 11.6. The highest BCUT2D eigenvalue weighted by molar-refractivity contribution is 6.30. The monoisotopic (exact) mass is 345 g/mol. The average molecular weight is 346 g/mol. The molecule has 1 aromatic heterocycles. The summed E-state index contributed by atoms with van der Waals surface area (Å²) in [6.45, 7) is 6.37. The molecule has 0 aliphatic rings. The number of amides is 1. The molecule has 0 saturated carbocycles. The standard InChI is InChI=1S/C19H24ClN3O/c1-3-9-23(10-4-2)19(24)16-11-18(14-21-13-16)22-12-15-5-7-17(20)8-6-15/h5-8,11,13-14,22H,3-4,9-10,12H2,1-2H3. The van der Waals surface area contributed by atoms with E-state index in [1.54, 1.807) is 12.4 Å². The zero-order valence-corrected chi connectivity index (χ0v) is 15.0. The van der Waals surface area contributed by atoms with E-state index in [-0.39, 0.29) is 5.91 Å². The largest absolute Gasteiger partial charge is 0.380 e. The van der Waals surface area contributed by atoms with E-state index in [1.165, 1.54) is 0 Å². The van der Waals surface area contributed by atoms with Crippen LogP contribution in [-0.2, 0) is 6.54 Å². The van der Waals surface area contributed by atoms with Gasteiger partial charge in [0.1, 0.15) is 0 Å². The maximum absolute atomic E-state index is 12.6. The van der Waals surface area contributed by atoms with Crippen molar-refractivity contribution in [2.75, 3.05) is 18.4 Å². The van der Waals surface area contributed by atoms with Crippen molar-refractivity contribution in [1.82, 2.24) is 9.88 Å². The van der Waals surface area contributed by atoms with Gasteiger partial charge in [0.15, 0.2) is 0 Å². The van der Waals surface area contributed by atoms with Gasteiger partial charge < -0.3 is 10.2 Å². The molecule has 0 unspecified atom stereocenters. The maximum Gasteiger partial charge on any atom is 0.255 e. The van der Waals surface area contributed by atoms with Crippen LogP contribution in [0.4, 0.5) is 5.69 Å². The Morgan fingerprint density at radius 3 is 2.42 bits per heavy atom. The van der Waals surface area contributed by atoms with E-state index >= 15 is 0 Å². The third-order valence-corrected chi connectivity index (χ3v) is 3.92. The van der Waals surface area contributed by atoms with Gasteiger partial charge in [0.25, 0.3) is 5.91 Å². The van der Waals surface area contributed by atoms with Crippen LogP contribution in [0.25, 0.3) is 0 Å². The summed E-state index contributed by atoms with van der Waals surface area (Å²) < 4.78 is 0. The smallest absolute Gasteiger partial charge is 0.255 e. The Hall–Kier alpha value is -2.07. The van der Waals surface area contributed by atoms with Crippen LogP contribution < -0.4 is 5.32 Å². The Balaban J connectivity index is 2.04. The zero-order valence-electron chi connectivity index (χ0n) is 14.3. The molecule has 0 radical (unpaired) electrons. The summed E-state index contributed by atoms with van der Waals surface area (Å²) in [6, 6.07) is 9.54. The van der Waals surface area contributed by atoms with Gasteiger partial charge in [-0.15, -0.1) is 0 Å². The molecule has 0 saturated heterocycles. The van der Waals surface area contributed by atoms with E-state index in [1.807, 2.05) is 35.2 Å². The number of anilines is 1. The highest BCUT2D eigenvalue weighted by Crippen LogP contribution is 2.14. The number of rotatable bonds is 8. The van der Waals surface area contributed by atoms with Crippen LogP contribution in [0, 0.1) is 0 Å². The molecule has 2 rings (SSSR count). The summed E-state index contributed by atoms with van der Waals surface area (Å²) in [5, 5.41) is 4.02. The van der Waals surface area contributed by atoms with Gasteiger partial charge in [-0.3, -0.25) is 9.78 Å². The number of benzene rings is 1. The zero-order chi connectivity index (χ0) is 17.4. The number of carbonyl (C=O) groups excluding carboxylic acids is 1. The minimum Gasteiger partial charge on any atom is -0.380 e. The van der Waals surface area contributed by atoms with Gasteiger partial charge in [0.05, 0.1) is 11.3 Å². The molecule has 4 nitrogen and oxygen atoms in total. The number of hydrogen-bond acceptors (Lipinski definition) is 3. The van der Waals surface area contributed by atoms with Crippen LogP contribution in [0.2, 0.25) is 5.02 Å². The van der Waals surface area contributed by atoms with Crippen LogP contribution in [0.1, 0.15) is 42.6 Å². The van der Waals surface area contributed by atoms with Crippen LogP contribution in [0.3, 0.4) is 0 Å². The molecule has 24 heavy (non-hydrogen) atoms. The van der Waals surface area contributed by atoms with Crippen molar-refractivity contribution in [3.63, 3.8) is 0 Å². The molecule has 0 aliphatic heterocycles. The van der Waals surface area contributed by atoms with Gasteiger partial charge in [-0.1, -0.05) is 37.6 Å². The van der Waals surface area contributed by atoms with Crippen molar-refractivity contribution in [3.8, 4) is 0 Å². The van der Waals surface area contributed by atoms with Gasteiger partial charge in [0, 0.05) is 37.1 Å². The van der Waals surface area contributed by atoms with Crippen molar-refractivity contribution in [1.29, 1.82) is 0 Å². The van der Waals surface area contributed by atoms with E-state index in [4.69, 9.17) is 11.6 Å². The summed E-state index contributed by atoms with van der Waals surface area (Å²) in [5.74, 6) is 0.0429. The fourth-order valence-corrected chi connectivity index (χ4v) is 2.62. The Bertz CT molecular complexity index is 652. The van der Waals surface area contributed by atoms with Crippen molar-refractivity contribution in [2.45, 2.75) is 33.2 Å². The molecule has 2 aromatic rings. The summed E-state index contributed by atoms with van der Waals surface area (Å²) in [5.41, 5.74) is 2.58. The molecule has 1 aromatic carbocycles. The first-order valence-corrected chi connectivity index (χ1v) is 8.74. The maximum atomic E-state index is 12.6. The molecule has 128 valence electrons. The van der Waals surface area contributed by atoms with Gasteiger partial charge in [-0.05, 0) is 36.6 Å². The SMILES string of the molecule is CCCN(CCC)C(=O)c1cncc(NCc2ccc(Cl)cc2)c1. The molecule has 1 N–H and O–H groups in total. The number of pyridine rings is 1. The Morgan fingerprint density at radius 1 is 1.12 bits per heavy atom. The first kappa shape index (κ1) is 18.3. The topological polar surface area (TPSA) is 45.2 Å². The number of nitrogens with zero attached hydrogens (tertiary/aromatic N) is 2. The molecule has 1 heterocycles. The van der Waals surface area contributed by atoms with E-state index in [0.717, 1.165) is 42.2 Å². The second-order valence-corrected chi connectivity index (χ2v) is 6.17. The molecule has 0 atom stereocenters. The summed E-state index contributed by atoms with van der Waals surface area (Å²) in [7, 11) is 0. The van der Waals surface area contributed by atoms with E-state index < -0.39 is 0 Å². The molecule has 1 amide bonds. The average Bonchev–Trinajstić information content (AvgIpc) is 2.61. The normalized spacial score (nSPS) is 10.5. The van der Waals surface area contributed by atoms with Crippen molar-refractivity contribution < 1.29 is 4.79 Å². The van der Waals surface area contributed by atoms with Crippen LogP contribution >= 0.6 is 11.6 Å². The lowest BCUT2D eigenvalue weighted by Gasteiger charge is -2.21. The number of nitrogens with one attached hydrogen (secondary N) is 1. The predicted molar refractivity (Wildman–Crippen MR) is 99.5 cm³/mol. The molecule has 5 heteroatoms. The third-order valence-electron chi connectivity index (χ3n) is 3.67. The van der Waals surface area contributed by atoms with E-state index in [0.29, 0.717) is 12.1 Å². The van der Waals surface area contributed by atoms with Gasteiger partial charge in [0.2, 0.25) is 0 Å². The van der Waals surface area contributed by atoms with Crippen LogP contribution in [-0.4, -0.2) is 28.9 Å². The van der Waals surface area contributed by atoms with Crippen molar-refractivity contribution in [3.05, 3.63) is 58.9 Å². The summed E-state index contributed by atoms with van der Waals surface area (Å²) in [6.07, 6.45) is 5.27. The number of aromatic nitrogens is 1. The highest BCUT2D eigenvalue weighted by atomic mass is 35.5. The lowest BCUT2D eigenvalue weighted by atomic mass is 10.2. The number of carbonyl (C=O) groups is 1. The third kappa shape index (κ3) is 5.24. The van der Waals surface area contributed by atoms with Crippen LogP contribution in [0.15, 0.2) is 42.7 Å². The first-order valence-electron chi connectivity index (χ1n) is 8.36. The fraction of sp³-hybridized carbons (Fsp3) is 0.368. The minimum atomic E-state index is 0.0429. The lowest BCUT2D eigenvalue weighted by Crippen LogP contribution is -2.32. The molecule has 0 aliphatic carbocycles.